The van der Waals surface area contributed by atoms with E-state index in [-0.39, 0.29) is 12.5 Å². The number of hydrogen-bond donors (Lipinski definition) is 3. The van der Waals surface area contributed by atoms with Crippen LogP contribution in [0.15, 0.2) is 12.2 Å². The minimum absolute atomic E-state index is 0.0599. The Bertz CT molecular complexity index is 666. The first-order valence-corrected chi connectivity index (χ1v) is 22.4. The fourth-order valence-electron chi connectivity index (χ4n) is 7.06. The van der Waals surface area contributed by atoms with Gasteiger partial charge in [0.05, 0.1) is 18.8 Å². The summed E-state index contributed by atoms with van der Waals surface area (Å²) >= 11 is 0. The van der Waals surface area contributed by atoms with E-state index in [0.29, 0.717) is 6.42 Å². The van der Waals surface area contributed by atoms with Gasteiger partial charge in [0.2, 0.25) is 5.91 Å². The first-order valence-electron chi connectivity index (χ1n) is 22.4. The van der Waals surface area contributed by atoms with Crippen molar-refractivity contribution in [3.05, 3.63) is 12.2 Å². The fourth-order valence-corrected chi connectivity index (χ4v) is 7.06. The van der Waals surface area contributed by atoms with E-state index in [1.54, 1.807) is 6.08 Å². The van der Waals surface area contributed by atoms with Crippen LogP contribution in [0.5, 0.6) is 0 Å². The van der Waals surface area contributed by atoms with E-state index >= 15 is 0 Å². The smallest absolute Gasteiger partial charge is 0.220 e. The van der Waals surface area contributed by atoms with Gasteiger partial charge in [-0.1, -0.05) is 238 Å². The maximum Gasteiger partial charge on any atom is 0.220 e. The molecular formula is C45H89NO3. The maximum absolute atomic E-state index is 12.4. The van der Waals surface area contributed by atoms with Gasteiger partial charge in [0.1, 0.15) is 0 Å². The highest BCUT2D eigenvalue weighted by molar-refractivity contribution is 5.76. The van der Waals surface area contributed by atoms with E-state index < -0.39 is 12.1 Å². The molecule has 0 aromatic rings. The third-order valence-corrected chi connectivity index (χ3v) is 10.5. The summed E-state index contributed by atoms with van der Waals surface area (Å²) < 4.78 is 0. The number of carbonyl (C=O) groups excluding carboxylic acids is 1. The van der Waals surface area contributed by atoms with Crippen LogP contribution in [0.1, 0.15) is 251 Å². The molecule has 1 amide bonds. The highest BCUT2D eigenvalue weighted by atomic mass is 16.3. The molecule has 0 rings (SSSR count). The number of aliphatic hydroxyl groups excluding tert-OH is 2. The summed E-state index contributed by atoms with van der Waals surface area (Å²) in [4.78, 5) is 12.4. The van der Waals surface area contributed by atoms with Crippen molar-refractivity contribution in [3.8, 4) is 0 Å². The molecule has 0 aliphatic carbocycles. The Balaban J connectivity index is 3.45. The molecule has 4 nitrogen and oxygen atoms in total. The lowest BCUT2D eigenvalue weighted by molar-refractivity contribution is -0.123. The molecular weight excluding hydrogens is 602 g/mol. The van der Waals surface area contributed by atoms with Crippen molar-refractivity contribution in [2.45, 2.75) is 264 Å². The average Bonchev–Trinajstić information content (AvgIpc) is 3.10. The number of unbranched alkanes of at least 4 members (excludes halogenated alkanes) is 34. The number of aliphatic hydroxyl groups is 2. The van der Waals surface area contributed by atoms with Gasteiger partial charge in [0.25, 0.3) is 0 Å². The van der Waals surface area contributed by atoms with Crippen molar-refractivity contribution >= 4 is 5.91 Å². The standard InChI is InChI=1S/C45H89NO3/c1-3-5-7-9-11-13-15-17-18-19-20-21-22-23-24-25-26-27-28-29-31-33-35-37-39-41-45(49)46-43(42-47)44(48)40-38-36-34-32-30-16-14-12-10-8-6-4-2/h38,40,43-44,47-48H,3-37,39,41-42H2,1-2H3,(H,46,49)/b40-38+. The minimum atomic E-state index is -0.832. The zero-order valence-electron chi connectivity index (χ0n) is 33.5. The van der Waals surface area contributed by atoms with E-state index in [9.17, 15) is 15.0 Å². The predicted molar refractivity (Wildman–Crippen MR) is 216 cm³/mol. The summed E-state index contributed by atoms with van der Waals surface area (Å²) in [5.41, 5.74) is 0. The molecule has 0 aliphatic heterocycles. The lowest BCUT2D eigenvalue weighted by Crippen LogP contribution is -2.45. The molecule has 0 fully saturated rings. The number of rotatable bonds is 41. The van der Waals surface area contributed by atoms with Crippen molar-refractivity contribution in [2.75, 3.05) is 6.61 Å². The van der Waals surface area contributed by atoms with Crippen LogP contribution in [-0.4, -0.2) is 34.9 Å². The predicted octanol–water partition coefficient (Wildman–Crippen LogP) is 13.9. The normalized spacial score (nSPS) is 13.0. The van der Waals surface area contributed by atoms with E-state index in [1.807, 2.05) is 6.08 Å². The van der Waals surface area contributed by atoms with Crippen molar-refractivity contribution in [1.82, 2.24) is 5.32 Å². The van der Waals surface area contributed by atoms with Gasteiger partial charge < -0.3 is 15.5 Å². The monoisotopic (exact) mass is 692 g/mol. The molecule has 0 radical (unpaired) electrons. The Morgan fingerprint density at radius 1 is 0.469 bits per heavy atom. The fraction of sp³-hybridized carbons (Fsp3) is 0.933. The molecule has 49 heavy (non-hydrogen) atoms. The van der Waals surface area contributed by atoms with Gasteiger partial charge in [0.15, 0.2) is 0 Å². The summed E-state index contributed by atoms with van der Waals surface area (Å²) in [7, 11) is 0. The SMILES string of the molecule is CCCCCCCCCCCC/C=C/C(O)C(CO)NC(=O)CCCCCCCCCCCCCCCCCCCCCCCCCCC. The molecule has 292 valence electrons. The van der Waals surface area contributed by atoms with Crippen molar-refractivity contribution in [3.63, 3.8) is 0 Å². The molecule has 3 N–H and O–H groups in total. The molecule has 0 saturated heterocycles. The zero-order chi connectivity index (χ0) is 35.7. The third kappa shape index (κ3) is 38.2. The Kier molecular flexibility index (Phi) is 40.8. The van der Waals surface area contributed by atoms with Gasteiger partial charge in [-0.2, -0.15) is 0 Å². The molecule has 0 aromatic heterocycles. The van der Waals surface area contributed by atoms with Gasteiger partial charge >= 0.3 is 0 Å². The Morgan fingerprint density at radius 3 is 1.06 bits per heavy atom. The van der Waals surface area contributed by atoms with Crippen LogP contribution in [0.2, 0.25) is 0 Å². The van der Waals surface area contributed by atoms with Crippen LogP contribution in [0, 0.1) is 0 Å². The molecule has 0 aliphatic rings. The molecule has 0 aromatic carbocycles. The second-order valence-electron chi connectivity index (χ2n) is 15.5. The van der Waals surface area contributed by atoms with Crippen LogP contribution in [-0.2, 0) is 4.79 Å². The zero-order valence-corrected chi connectivity index (χ0v) is 33.5. The Labute approximate surface area is 307 Å². The molecule has 4 heteroatoms. The van der Waals surface area contributed by atoms with Crippen LogP contribution in [0.3, 0.4) is 0 Å². The molecule has 2 unspecified atom stereocenters. The topological polar surface area (TPSA) is 69.6 Å². The highest BCUT2D eigenvalue weighted by Gasteiger charge is 2.17. The maximum atomic E-state index is 12.4. The van der Waals surface area contributed by atoms with Gasteiger partial charge in [-0.05, 0) is 19.3 Å². The largest absolute Gasteiger partial charge is 0.394 e. The molecule has 0 spiro atoms. The van der Waals surface area contributed by atoms with Gasteiger partial charge in [-0.15, -0.1) is 0 Å². The first-order chi connectivity index (χ1) is 24.2. The van der Waals surface area contributed by atoms with Crippen LogP contribution in [0.25, 0.3) is 0 Å². The summed E-state index contributed by atoms with van der Waals surface area (Å²) in [5, 5.41) is 23.0. The minimum Gasteiger partial charge on any atom is -0.394 e. The lowest BCUT2D eigenvalue weighted by Gasteiger charge is -2.20. The van der Waals surface area contributed by atoms with Crippen LogP contribution >= 0.6 is 0 Å². The molecule has 0 bridgehead atoms. The molecule has 2 atom stereocenters. The van der Waals surface area contributed by atoms with Crippen molar-refractivity contribution in [2.24, 2.45) is 0 Å². The second kappa shape index (κ2) is 41.5. The highest BCUT2D eigenvalue weighted by Crippen LogP contribution is 2.16. The van der Waals surface area contributed by atoms with Crippen molar-refractivity contribution in [1.29, 1.82) is 0 Å². The molecule has 0 heterocycles. The van der Waals surface area contributed by atoms with E-state index in [0.717, 1.165) is 25.7 Å². The van der Waals surface area contributed by atoms with Gasteiger partial charge in [-0.3, -0.25) is 4.79 Å². The quantitative estimate of drug-likeness (QED) is 0.0441. The number of allylic oxidation sites excluding steroid dienone is 1. The van der Waals surface area contributed by atoms with Crippen molar-refractivity contribution < 1.29 is 15.0 Å². The van der Waals surface area contributed by atoms with Crippen LogP contribution in [0.4, 0.5) is 0 Å². The average molecular weight is 692 g/mol. The van der Waals surface area contributed by atoms with E-state index in [4.69, 9.17) is 0 Å². The lowest BCUT2D eigenvalue weighted by atomic mass is 10.0. The van der Waals surface area contributed by atoms with E-state index in [2.05, 4.69) is 19.2 Å². The number of carbonyl (C=O) groups is 1. The Hall–Kier alpha value is -0.870. The third-order valence-electron chi connectivity index (χ3n) is 10.5. The first kappa shape index (κ1) is 48.1. The Morgan fingerprint density at radius 2 is 0.755 bits per heavy atom. The summed E-state index contributed by atoms with van der Waals surface area (Å²) in [6.45, 7) is 4.32. The molecule has 0 saturated carbocycles. The van der Waals surface area contributed by atoms with Gasteiger partial charge in [-0.25, -0.2) is 0 Å². The number of hydrogen-bond acceptors (Lipinski definition) is 3. The van der Waals surface area contributed by atoms with E-state index in [1.165, 1.54) is 205 Å². The summed E-state index contributed by atoms with van der Waals surface area (Å²) in [6.07, 6.45) is 51.9. The summed E-state index contributed by atoms with van der Waals surface area (Å²) in [5.74, 6) is -0.0599. The number of amides is 1. The summed E-state index contributed by atoms with van der Waals surface area (Å²) in [6, 6.07) is -0.615. The van der Waals surface area contributed by atoms with Gasteiger partial charge in [0, 0.05) is 6.42 Å². The van der Waals surface area contributed by atoms with Crippen LogP contribution < -0.4 is 5.32 Å². The second-order valence-corrected chi connectivity index (χ2v) is 15.5. The number of nitrogens with one attached hydrogen (secondary N) is 1.